The molecule has 122 valence electrons. The standard InChI is InChI=1S/C18H18N4OS/c1-12(2)13-3-5-14(6-4-13)16(23)11-24-18-20-17(21-22-18)15-7-9-19-10-8-15/h3-10,12H,11H2,1-2H3,(H,20,21,22). The summed E-state index contributed by atoms with van der Waals surface area (Å²) in [5.74, 6) is 1.52. The van der Waals surface area contributed by atoms with E-state index in [0.717, 1.165) is 11.1 Å². The van der Waals surface area contributed by atoms with E-state index in [-0.39, 0.29) is 5.78 Å². The van der Waals surface area contributed by atoms with Gasteiger partial charge in [0.1, 0.15) is 0 Å². The lowest BCUT2D eigenvalue weighted by Crippen LogP contribution is -2.03. The first-order chi connectivity index (χ1) is 11.6. The van der Waals surface area contributed by atoms with Gasteiger partial charge in [0.15, 0.2) is 11.6 Å². The Morgan fingerprint density at radius 3 is 2.50 bits per heavy atom. The van der Waals surface area contributed by atoms with Gasteiger partial charge in [0, 0.05) is 23.5 Å². The van der Waals surface area contributed by atoms with Crippen LogP contribution in [-0.4, -0.2) is 31.7 Å². The van der Waals surface area contributed by atoms with Crippen molar-refractivity contribution in [2.24, 2.45) is 0 Å². The molecule has 0 fully saturated rings. The lowest BCUT2D eigenvalue weighted by molar-refractivity contribution is 0.102. The third kappa shape index (κ3) is 3.89. The first kappa shape index (κ1) is 16.4. The molecule has 1 aromatic carbocycles. The lowest BCUT2D eigenvalue weighted by atomic mass is 10.0. The summed E-state index contributed by atoms with van der Waals surface area (Å²) in [5, 5.41) is 7.60. The fraction of sp³-hybridized carbons (Fsp3) is 0.222. The predicted molar refractivity (Wildman–Crippen MR) is 95.2 cm³/mol. The molecule has 0 radical (unpaired) electrons. The number of nitrogens with one attached hydrogen (secondary N) is 1. The van der Waals surface area contributed by atoms with Gasteiger partial charge in [0.05, 0.1) is 5.75 Å². The number of H-pyrrole nitrogens is 1. The molecule has 0 saturated heterocycles. The van der Waals surface area contributed by atoms with Gasteiger partial charge >= 0.3 is 0 Å². The number of ketones is 1. The van der Waals surface area contributed by atoms with Crippen molar-refractivity contribution in [3.63, 3.8) is 0 Å². The Morgan fingerprint density at radius 1 is 1.12 bits per heavy atom. The number of hydrogen-bond acceptors (Lipinski definition) is 5. The summed E-state index contributed by atoms with van der Waals surface area (Å²) in [5.41, 5.74) is 2.87. The maximum absolute atomic E-state index is 12.3. The molecule has 0 aliphatic rings. The molecule has 0 spiro atoms. The molecule has 0 saturated carbocycles. The van der Waals surface area contributed by atoms with Gasteiger partial charge in [0.25, 0.3) is 0 Å². The Morgan fingerprint density at radius 2 is 1.83 bits per heavy atom. The number of aromatic amines is 1. The molecule has 3 rings (SSSR count). The van der Waals surface area contributed by atoms with Crippen LogP contribution in [0.2, 0.25) is 0 Å². The first-order valence-corrected chi connectivity index (χ1v) is 8.71. The molecule has 0 aliphatic carbocycles. The van der Waals surface area contributed by atoms with Crippen LogP contribution in [0, 0.1) is 0 Å². The minimum absolute atomic E-state index is 0.0746. The van der Waals surface area contributed by atoms with Crippen LogP contribution in [0.15, 0.2) is 53.9 Å². The van der Waals surface area contributed by atoms with E-state index >= 15 is 0 Å². The zero-order valence-electron chi connectivity index (χ0n) is 13.6. The van der Waals surface area contributed by atoms with Crippen molar-refractivity contribution in [1.29, 1.82) is 0 Å². The smallest absolute Gasteiger partial charge is 0.209 e. The number of nitrogens with zero attached hydrogens (tertiary/aromatic N) is 3. The molecule has 0 amide bonds. The van der Waals surface area contributed by atoms with E-state index in [4.69, 9.17) is 0 Å². The summed E-state index contributed by atoms with van der Waals surface area (Å²) >= 11 is 1.33. The van der Waals surface area contributed by atoms with Crippen molar-refractivity contribution in [3.8, 4) is 11.4 Å². The molecule has 1 N–H and O–H groups in total. The maximum atomic E-state index is 12.3. The molecule has 24 heavy (non-hydrogen) atoms. The molecule has 0 bridgehead atoms. The third-order valence-corrected chi connectivity index (χ3v) is 4.50. The molecule has 3 aromatic rings. The monoisotopic (exact) mass is 338 g/mol. The quantitative estimate of drug-likeness (QED) is 0.544. The Hall–Kier alpha value is -2.47. The van der Waals surface area contributed by atoms with Crippen molar-refractivity contribution in [2.75, 3.05) is 5.75 Å². The Bertz CT molecular complexity index is 813. The Balaban J connectivity index is 1.61. The number of benzene rings is 1. The second kappa shape index (κ2) is 7.40. The number of thioether (sulfide) groups is 1. The second-order valence-corrected chi connectivity index (χ2v) is 6.63. The van der Waals surface area contributed by atoms with Gasteiger partial charge in [-0.25, -0.2) is 4.98 Å². The Kier molecular flexibility index (Phi) is 5.05. The van der Waals surface area contributed by atoms with Crippen LogP contribution >= 0.6 is 11.8 Å². The van der Waals surface area contributed by atoms with Gasteiger partial charge in [-0.1, -0.05) is 49.9 Å². The highest BCUT2D eigenvalue weighted by Crippen LogP contribution is 2.20. The third-order valence-electron chi connectivity index (χ3n) is 3.65. The van der Waals surface area contributed by atoms with Gasteiger partial charge < -0.3 is 0 Å². The molecule has 6 heteroatoms. The highest BCUT2D eigenvalue weighted by molar-refractivity contribution is 7.99. The number of aromatic nitrogens is 4. The zero-order chi connectivity index (χ0) is 16.9. The highest BCUT2D eigenvalue weighted by Gasteiger charge is 2.11. The molecule has 0 unspecified atom stereocenters. The van der Waals surface area contributed by atoms with E-state index in [0.29, 0.717) is 22.7 Å². The fourth-order valence-corrected chi connectivity index (χ4v) is 2.91. The van der Waals surface area contributed by atoms with E-state index in [2.05, 4.69) is 34.0 Å². The van der Waals surface area contributed by atoms with Crippen LogP contribution in [-0.2, 0) is 0 Å². The summed E-state index contributed by atoms with van der Waals surface area (Å²) < 4.78 is 0. The fourth-order valence-electron chi connectivity index (χ4n) is 2.22. The van der Waals surface area contributed by atoms with Crippen molar-refractivity contribution in [3.05, 3.63) is 59.9 Å². The summed E-state index contributed by atoms with van der Waals surface area (Å²) in [6.07, 6.45) is 3.41. The van der Waals surface area contributed by atoms with Crippen LogP contribution in [0.4, 0.5) is 0 Å². The number of carbonyl (C=O) groups excluding carboxylic acids is 1. The zero-order valence-corrected chi connectivity index (χ0v) is 14.4. The number of pyridine rings is 1. The van der Waals surface area contributed by atoms with Crippen molar-refractivity contribution >= 4 is 17.5 Å². The van der Waals surface area contributed by atoms with Crippen LogP contribution in [0.1, 0.15) is 35.7 Å². The van der Waals surface area contributed by atoms with Gasteiger partial charge in [-0.05, 0) is 23.6 Å². The molecule has 0 atom stereocenters. The van der Waals surface area contributed by atoms with E-state index in [1.807, 2.05) is 36.4 Å². The molecular formula is C18H18N4OS. The van der Waals surface area contributed by atoms with Crippen molar-refractivity contribution < 1.29 is 4.79 Å². The SMILES string of the molecule is CC(C)c1ccc(C(=O)CSc2n[nH]c(-c3ccncc3)n2)cc1. The van der Waals surface area contributed by atoms with E-state index < -0.39 is 0 Å². The topological polar surface area (TPSA) is 71.5 Å². The van der Waals surface area contributed by atoms with Crippen molar-refractivity contribution in [2.45, 2.75) is 24.9 Å². The predicted octanol–water partition coefficient (Wildman–Crippen LogP) is 3.97. The van der Waals surface area contributed by atoms with Crippen LogP contribution in [0.25, 0.3) is 11.4 Å². The highest BCUT2D eigenvalue weighted by atomic mass is 32.2. The summed E-state index contributed by atoms with van der Waals surface area (Å²) in [6.45, 7) is 4.27. The van der Waals surface area contributed by atoms with E-state index in [1.54, 1.807) is 12.4 Å². The first-order valence-electron chi connectivity index (χ1n) is 7.72. The average Bonchev–Trinajstić information content (AvgIpc) is 3.09. The Labute approximate surface area is 144 Å². The molecule has 0 aliphatic heterocycles. The van der Waals surface area contributed by atoms with Crippen LogP contribution in [0.5, 0.6) is 0 Å². The van der Waals surface area contributed by atoms with Crippen LogP contribution in [0.3, 0.4) is 0 Å². The van der Waals surface area contributed by atoms with Gasteiger partial charge in [-0.3, -0.25) is 14.9 Å². The van der Waals surface area contributed by atoms with Gasteiger partial charge in [-0.2, -0.15) is 0 Å². The average molecular weight is 338 g/mol. The summed E-state index contributed by atoms with van der Waals surface area (Å²) in [7, 11) is 0. The van der Waals surface area contributed by atoms with Crippen molar-refractivity contribution in [1.82, 2.24) is 20.2 Å². The number of rotatable bonds is 6. The largest absolute Gasteiger partial charge is 0.293 e. The lowest BCUT2D eigenvalue weighted by Gasteiger charge is -2.05. The molecule has 5 nitrogen and oxygen atoms in total. The molecule has 2 heterocycles. The minimum atomic E-state index is 0.0746. The van der Waals surface area contributed by atoms with E-state index in [9.17, 15) is 4.79 Å². The van der Waals surface area contributed by atoms with Gasteiger partial charge in [0.2, 0.25) is 5.16 Å². The number of Topliss-reactive ketones (excluding diaryl/α,β-unsaturated/α-hetero) is 1. The molecular weight excluding hydrogens is 320 g/mol. The molecule has 2 aromatic heterocycles. The number of carbonyl (C=O) groups is 1. The van der Waals surface area contributed by atoms with E-state index in [1.165, 1.54) is 17.3 Å². The number of hydrogen-bond donors (Lipinski definition) is 1. The normalized spacial score (nSPS) is 11.0. The van der Waals surface area contributed by atoms with Crippen LogP contribution < -0.4 is 0 Å². The van der Waals surface area contributed by atoms with Gasteiger partial charge in [-0.15, -0.1) is 5.10 Å². The summed E-state index contributed by atoms with van der Waals surface area (Å²) in [6, 6.07) is 11.5. The maximum Gasteiger partial charge on any atom is 0.209 e. The summed E-state index contributed by atoms with van der Waals surface area (Å²) in [4.78, 5) is 20.7. The second-order valence-electron chi connectivity index (χ2n) is 5.69. The minimum Gasteiger partial charge on any atom is -0.293 e.